The number of carbonyl (C=O) groups is 1. The summed E-state index contributed by atoms with van der Waals surface area (Å²) in [7, 11) is 0. The first-order chi connectivity index (χ1) is 5.24. The van der Waals surface area contributed by atoms with Crippen molar-refractivity contribution in [3.63, 3.8) is 0 Å². The predicted octanol–water partition coefficient (Wildman–Crippen LogP) is 1.43. The third-order valence-electron chi connectivity index (χ3n) is 2.23. The third-order valence-corrected chi connectivity index (χ3v) is 2.23. The molecule has 1 saturated heterocycles. The topological polar surface area (TPSA) is 20.3 Å². The van der Waals surface area contributed by atoms with Crippen LogP contribution >= 0.6 is 0 Å². The van der Waals surface area contributed by atoms with Crippen LogP contribution in [0.2, 0.25) is 0 Å². The number of carbonyl (C=O) groups excluding carboxylic acids is 1. The Morgan fingerprint density at radius 2 is 2.55 bits per heavy atom. The van der Waals surface area contributed by atoms with Gasteiger partial charge in [0.05, 0.1) is 0 Å². The molecule has 0 radical (unpaired) electrons. The standard InChI is InChI=1S/C9H15NO/c1-3-4-9-5-6-10(7-9)8(2)11/h3,9H,1,4-7H2,2H3. The van der Waals surface area contributed by atoms with Crippen molar-refractivity contribution in [1.82, 2.24) is 4.90 Å². The lowest BCUT2D eigenvalue weighted by Crippen LogP contribution is -2.25. The van der Waals surface area contributed by atoms with Gasteiger partial charge in [-0.25, -0.2) is 0 Å². The molecule has 0 aromatic rings. The fraction of sp³-hybridized carbons (Fsp3) is 0.667. The van der Waals surface area contributed by atoms with Crippen molar-refractivity contribution in [3.8, 4) is 0 Å². The van der Waals surface area contributed by atoms with Gasteiger partial charge in [-0.15, -0.1) is 6.58 Å². The lowest BCUT2D eigenvalue weighted by Gasteiger charge is -2.12. The molecule has 11 heavy (non-hydrogen) atoms. The normalized spacial score (nSPS) is 23.7. The lowest BCUT2D eigenvalue weighted by atomic mass is 10.1. The van der Waals surface area contributed by atoms with Gasteiger partial charge in [0.25, 0.3) is 0 Å². The van der Waals surface area contributed by atoms with Crippen LogP contribution in [0.25, 0.3) is 0 Å². The zero-order valence-corrected chi connectivity index (χ0v) is 7.05. The van der Waals surface area contributed by atoms with Crippen LogP contribution in [-0.2, 0) is 4.79 Å². The van der Waals surface area contributed by atoms with Crippen LogP contribution in [0.3, 0.4) is 0 Å². The van der Waals surface area contributed by atoms with E-state index in [1.807, 2.05) is 11.0 Å². The second-order valence-electron chi connectivity index (χ2n) is 3.14. The van der Waals surface area contributed by atoms with E-state index in [1.54, 1.807) is 6.92 Å². The Hall–Kier alpha value is -0.790. The summed E-state index contributed by atoms with van der Waals surface area (Å²) < 4.78 is 0. The van der Waals surface area contributed by atoms with E-state index in [4.69, 9.17) is 0 Å². The van der Waals surface area contributed by atoms with E-state index < -0.39 is 0 Å². The zero-order chi connectivity index (χ0) is 8.27. The lowest BCUT2D eigenvalue weighted by molar-refractivity contribution is -0.127. The molecule has 62 valence electrons. The Bertz CT molecular complexity index is 165. The Balaban J connectivity index is 2.34. The van der Waals surface area contributed by atoms with E-state index in [0.29, 0.717) is 5.92 Å². The molecule has 2 heteroatoms. The highest BCUT2D eigenvalue weighted by Gasteiger charge is 2.22. The molecule has 0 spiro atoms. The van der Waals surface area contributed by atoms with Crippen molar-refractivity contribution in [2.45, 2.75) is 19.8 Å². The van der Waals surface area contributed by atoms with Gasteiger partial charge < -0.3 is 4.90 Å². The van der Waals surface area contributed by atoms with Crippen molar-refractivity contribution >= 4 is 5.91 Å². The monoisotopic (exact) mass is 153 g/mol. The summed E-state index contributed by atoms with van der Waals surface area (Å²) in [6.45, 7) is 7.20. The average molecular weight is 153 g/mol. The summed E-state index contributed by atoms with van der Waals surface area (Å²) in [5.74, 6) is 0.868. The molecule has 2 nitrogen and oxygen atoms in total. The minimum Gasteiger partial charge on any atom is -0.343 e. The molecule has 1 fully saturated rings. The van der Waals surface area contributed by atoms with Crippen LogP contribution in [0.5, 0.6) is 0 Å². The van der Waals surface area contributed by atoms with Crippen molar-refractivity contribution in [1.29, 1.82) is 0 Å². The van der Waals surface area contributed by atoms with Crippen molar-refractivity contribution in [2.24, 2.45) is 5.92 Å². The number of hydrogen-bond acceptors (Lipinski definition) is 1. The summed E-state index contributed by atoms with van der Waals surface area (Å²) >= 11 is 0. The third kappa shape index (κ3) is 2.07. The van der Waals surface area contributed by atoms with Gasteiger partial charge in [0.15, 0.2) is 0 Å². The number of likely N-dealkylation sites (tertiary alicyclic amines) is 1. The SMILES string of the molecule is C=CCC1CCN(C(C)=O)C1. The predicted molar refractivity (Wildman–Crippen MR) is 45.2 cm³/mol. The van der Waals surface area contributed by atoms with Crippen LogP contribution in [0.1, 0.15) is 19.8 Å². The highest BCUT2D eigenvalue weighted by atomic mass is 16.2. The quantitative estimate of drug-likeness (QED) is 0.549. The van der Waals surface area contributed by atoms with Gasteiger partial charge in [-0.05, 0) is 18.8 Å². The first-order valence-corrected chi connectivity index (χ1v) is 4.10. The molecular weight excluding hydrogens is 138 g/mol. The Morgan fingerprint density at radius 1 is 1.82 bits per heavy atom. The molecule has 0 N–H and O–H groups in total. The van der Waals surface area contributed by atoms with Gasteiger partial charge in [-0.2, -0.15) is 0 Å². The molecule has 1 unspecified atom stereocenters. The summed E-state index contributed by atoms with van der Waals surface area (Å²) in [5.41, 5.74) is 0. The van der Waals surface area contributed by atoms with E-state index in [9.17, 15) is 4.79 Å². The smallest absolute Gasteiger partial charge is 0.219 e. The first kappa shape index (κ1) is 8.31. The molecule has 0 aromatic heterocycles. The van der Waals surface area contributed by atoms with Crippen LogP contribution in [0, 0.1) is 5.92 Å². The molecule has 1 amide bonds. The number of rotatable bonds is 2. The molecule has 1 rings (SSSR count). The van der Waals surface area contributed by atoms with E-state index in [1.165, 1.54) is 0 Å². The van der Waals surface area contributed by atoms with Crippen LogP contribution in [0.4, 0.5) is 0 Å². The maximum atomic E-state index is 10.9. The molecule has 0 aromatic carbocycles. The van der Waals surface area contributed by atoms with Crippen molar-refractivity contribution < 1.29 is 4.79 Å². The zero-order valence-electron chi connectivity index (χ0n) is 7.05. The molecule has 0 aliphatic carbocycles. The van der Waals surface area contributed by atoms with Crippen LogP contribution in [-0.4, -0.2) is 23.9 Å². The Morgan fingerprint density at radius 3 is 3.00 bits per heavy atom. The summed E-state index contributed by atoms with van der Waals surface area (Å²) in [4.78, 5) is 12.8. The summed E-state index contributed by atoms with van der Waals surface area (Å²) in [5, 5.41) is 0. The second-order valence-corrected chi connectivity index (χ2v) is 3.14. The number of hydrogen-bond donors (Lipinski definition) is 0. The summed E-state index contributed by atoms with van der Waals surface area (Å²) in [6.07, 6.45) is 4.13. The maximum Gasteiger partial charge on any atom is 0.219 e. The van der Waals surface area contributed by atoms with Crippen LogP contribution < -0.4 is 0 Å². The fourth-order valence-corrected chi connectivity index (χ4v) is 1.55. The average Bonchev–Trinajstić information content (AvgIpc) is 2.37. The van der Waals surface area contributed by atoms with Gasteiger partial charge in [0.1, 0.15) is 0 Å². The van der Waals surface area contributed by atoms with E-state index in [-0.39, 0.29) is 5.91 Å². The van der Waals surface area contributed by atoms with Gasteiger partial charge in [0.2, 0.25) is 5.91 Å². The van der Waals surface area contributed by atoms with E-state index >= 15 is 0 Å². The van der Waals surface area contributed by atoms with Crippen molar-refractivity contribution in [2.75, 3.05) is 13.1 Å². The summed E-state index contributed by atoms with van der Waals surface area (Å²) in [6, 6.07) is 0. The molecule has 1 aliphatic rings. The molecular formula is C9H15NO. The minimum atomic E-state index is 0.205. The fourth-order valence-electron chi connectivity index (χ4n) is 1.55. The molecule has 1 heterocycles. The molecule has 0 bridgehead atoms. The minimum absolute atomic E-state index is 0.205. The van der Waals surface area contributed by atoms with Crippen molar-refractivity contribution in [3.05, 3.63) is 12.7 Å². The molecule has 1 aliphatic heterocycles. The number of nitrogens with zero attached hydrogens (tertiary/aromatic N) is 1. The van der Waals surface area contributed by atoms with E-state index in [2.05, 4.69) is 6.58 Å². The first-order valence-electron chi connectivity index (χ1n) is 4.10. The Labute approximate surface area is 67.9 Å². The molecule has 0 saturated carbocycles. The highest BCUT2D eigenvalue weighted by Crippen LogP contribution is 2.19. The van der Waals surface area contributed by atoms with Gasteiger partial charge in [-0.3, -0.25) is 4.79 Å². The van der Waals surface area contributed by atoms with Gasteiger partial charge >= 0.3 is 0 Å². The van der Waals surface area contributed by atoms with Gasteiger partial charge in [-0.1, -0.05) is 6.08 Å². The van der Waals surface area contributed by atoms with E-state index in [0.717, 1.165) is 25.9 Å². The van der Waals surface area contributed by atoms with Gasteiger partial charge in [0, 0.05) is 20.0 Å². The second kappa shape index (κ2) is 3.56. The maximum absolute atomic E-state index is 10.9. The molecule has 1 atom stereocenters. The number of amides is 1. The van der Waals surface area contributed by atoms with Crippen LogP contribution in [0.15, 0.2) is 12.7 Å². The number of allylic oxidation sites excluding steroid dienone is 1. The largest absolute Gasteiger partial charge is 0.343 e. The highest BCUT2D eigenvalue weighted by molar-refractivity contribution is 5.73. The Kier molecular flexibility index (Phi) is 2.69.